The van der Waals surface area contributed by atoms with Crippen LogP contribution in [0.5, 0.6) is 5.75 Å². The minimum absolute atomic E-state index is 0.327. The Morgan fingerprint density at radius 2 is 1.84 bits per heavy atom. The maximum atomic E-state index is 5.46. The van der Waals surface area contributed by atoms with Crippen molar-refractivity contribution in [1.82, 2.24) is 25.3 Å². The Kier molecular flexibility index (Phi) is 9.90. The molecule has 2 saturated heterocycles. The number of aliphatic imine (C=N–C) groups is 1. The van der Waals surface area contributed by atoms with Crippen LogP contribution in [0.4, 0.5) is 0 Å². The molecule has 1 atom stereocenters. The molecule has 2 aliphatic rings. The molecule has 3 rings (SSSR count). The van der Waals surface area contributed by atoms with Crippen molar-refractivity contribution >= 4 is 5.96 Å². The fourth-order valence-corrected chi connectivity index (χ4v) is 4.51. The Morgan fingerprint density at radius 3 is 2.55 bits per heavy atom. The van der Waals surface area contributed by atoms with Crippen molar-refractivity contribution in [3.05, 3.63) is 29.8 Å². The van der Waals surface area contributed by atoms with Crippen molar-refractivity contribution in [3.8, 4) is 5.75 Å². The van der Waals surface area contributed by atoms with Gasteiger partial charge in [-0.05, 0) is 70.1 Å². The molecule has 0 aromatic heterocycles. The van der Waals surface area contributed by atoms with E-state index in [1.54, 1.807) is 7.11 Å². The molecule has 1 unspecified atom stereocenters. The van der Waals surface area contributed by atoms with E-state index in [4.69, 9.17) is 4.74 Å². The minimum atomic E-state index is 0.327. The summed E-state index contributed by atoms with van der Waals surface area (Å²) in [6, 6.07) is 8.81. The number of likely N-dealkylation sites (N-methyl/N-ethyl adjacent to an activating group) is 1. The fraction of sp³-hybridized carbons (Fsp3) is 0.708. The van der Waals surface area contributed by atoms with E-state index >= 15 is 0 Å². The highest BCUT2D eigenvalue weighted by Gasteiger charge is 2.24. The van der Waals surface area contributed by atoms with Crippen LogP contribution < -0.4 is 15.4 Å². The van der Waals surface area contributed by atoms with Gasteiger partial charge in [0.2, 0.25) is 0 Å². The van der Waals surface area contributed by atoms with Crippen LogP contribution in [-0.4, -0.2) is 101 Å². The summed E-state index contributed by atoms with van der Waals surface area (Å²) in [7, 11) is 5.80. The molecule has 2 aliphatic heterocycles. The number of likely N-dealkylation sites (tertiary alicyclic amines) is 1. The molecule has 0 radical (unpaired) electrons. The van der Waals surface area contributed by atoms with E-state index in [9.17, 15) is 0 Å². The largest absolute Gasteiger partial charge is 0.497 e. The third-order valence-electron chi connectivity index (χ3n) is 6.54. The number of unbranched alkanes of at least 4 members (excludes halogenated alkanes) is 1. The van der Waals surface area contributed by atoms with Crippen LogP contribution in [0.3, 0.4) is 0 Å². The zero-order valence-electron chi connectivity index (χ0n) is 19.8. The molecular formula is C24H42N6O. The van der Waals surface area contributed by atoms with Gasteiger partial charge in [-0.15, -0.1) is 0 Å². The number of methoxy groups -OCH3 is 1. The van der Waals surface area contributed by atoms with Gasteiger partial charge < -0.3 is 25.2 Å². The van der Waals surface area contributed by atoms with E-state index < -0.39 is 0 Å². The SMILES string of the molecule is CN=C(NCCCCN1CCN(C)CC1)NCC(c1cccc(OC)c1)N1CCCC1. The Hall–Kier alpha value is -1.83. The van der Waals surface area contributed by atoms with Crippen LogP contribution in [0, 0.1) is 0 Å². The highest BCUT2D eigenvalue weighted by molar-refractivity contribution is 5.79. The third kappa shape index (κ3) is 7.66. The number of hydrogen-bond donors (Lipinski definition) is 2. The minimum Gasteiger partial charge on any atom is -0.497 e. The van der Waals surface area contributed by atoms with Crippen molar-refractivity contribution in [3.63, 3.8) is 0 Å². The third-order valence-corrected chi connectivity index (χ3v) is 6.54. The van der Waals surface area contributed by atoms with Gasteiger partial charge in [0.1, 0.15) is 5.75 Å². The van der Waals surface area contributed by atoms with E-state index in [1.807, 2.05) is 13.1 Å². The Balaban J connectivity index is 1.42. The van der Waals surface area contributed by atoms with Gasteiger partial charge in [-0.25, -0.2) is 0 Å². The average Bonchev–Trinajstić information content (AvgIpc) is 3.33. The van der Waals surface area contributed by atoms with Gasteiger partial charge >= 0.3 is 0 Å². The van der Waals surface area contributed by atoms with E-state index in [0.717, 1.165) is 37.9 Å². The van der Waals surface area contributed by atoms with Crippen molar-refractivity contribution < 1.29 is 4.74 Å². The fourth-order valence-electron chi connectivity index (χ4n) is 4.51. The first-order valence-corrected chi connectivity index (χ1v) is 11.9. The molecule has 0 amide bonds. The highest BCUT2D eigenvalue weighted by atomic mass is 16.5. The summed E-state index contributed by atoms with van der Waals surface area (Å²) in [5.74, 6) is 1.82. The topological polar surface area (TPSA) is 55.4 Å². The lowest BCUT2D eigenvalue weighted by Gasteiger charge is -2.32. The molecule has 31 heavy (non-hydrogen) atoms. The van der Waals surface area contributed by atoms with Gasteiger partial charge in [0.15, 0.2) is 5.96 Å². The average molecular weight is 431 g/mol. The Bertz CT molecular complexity index is 668. The van der Waals surface area contributed by atoms with Gasteiger partial charge in [-0.1, -0.05) is 12.1 Å². The standard InChI is InChI=1S/C24H42N6O/c1-25-24(26-11-4-5-12-29-17-15-28(2)16-18-29)27-20-23(30-13-6-7-14-30)21-9-8-10-22(19-21)31-3/h8-10,19,23H,4-7,11-18,20H2,1-3H3,(H2,25,26,27). The van der Waals surface area contributed by atoms with Crippen LogP contribution in [0.1, 0.15) is 37.3 Å². The van der Waals surface area contributed by atoms with Crippen LogP contribution in [-0.2, 0) is 0 Å². The second-order valence-electron chi connectivity index (χ2n) is 8.77. The molecule has 0 bridgehead atoms. The summed E-state index contributed by atoms with van der Waals surface area (Å²) in [5.41, 5.74) is 1.30. The molecule has 1 aromatic rings. The van der Waals surface area contributed by atoms with Crippen molar-refractivity contribution in [2.24, 2.45) is 4.99 Å². The van der Waals surface area contributed by atoms with Crippen molar-refractivity contribution in [2.75, 3.05) is 80.1 Å². The first-order chi connectivity index (χ1) is 15.2. The Labute approximate surface area is 188 Å². The first kappa shape index (κ1) is 23.8. The summed E-state index contributed by atoms with van der Waals surface area (Å²) < 4.78 is 5.46. The molecule has 2 N–H and O–H groups in total. The van der Waals surface area contributed by atoms with Crippen LogP contribution in [0.25, 0.3) is 0 Å². The second-order valence-corrected chi connectivity index (χ2v) is 8.77. The summed E-state index contributed by atoms with van der Waals surface area (Å²) in [5, 5.41) is 7.07. The lowest BCUT2D eigenvalue weighted by Crippen LogP contribution is -2.45. The molecular weight excluding hydrogens is 388 g/mol. The van der Waals surface area contributed by atoms with E-state index in [-0.39, 0.29) is 0 Å². The zero-order chi connectivity index (χ0) is 21.9. The van der Waals surface area contributed by atoms with E-state index in [2.05, 4.69) is 55.6 Å². The summed E-state index contributed by atoms with van der Waals surface area (Å²) in [4.78, 5) is 12.0. The number of nitrogens with one attached hydrogen (secondary N) is 2. The lowest BCUT2D eigenvalue weighted by molar-refractivity contribution is 0.152. The molecule has 0 saturated carbocycles. The lowest BCUT2D eigenvalue weighted by atomic mass is 10.1. The molecule has 0 aliphatic carbocycles. The maximum absolute atomic E-state index is 5.46. The molecule has 0 spiro atoms. The van der Waals surface area contributed by atoms with Gasteiger partial charge in [0, 0.05) is 46.3 Å². The molecule has 174 valence electrons. The number of ether oxygens (including phenoxy) is 1. The number of rotatable bonds is 10. The molecule has 7 nitrogen and oxygen atoms in total. The summed E-state index contributed by atoms with van der Waals surface area (Å²) >= 11 is 0. The number of hydrogen-bond acceptors (Lipinski definition) is 5. The quantitative estimate of drug-likeness (QED) is 0.337. The first-order valence-electron chi connectivity index (χ1n) is 11.9. The van der Waals surface area contributed by atoms with Gasteiger partial charge in [-0.2, -0.15) is 0 Å². The number of nitrogens with zero attached hydrogens (tertiary/aromatic N) is 4. The highest BCUT2D eigenvalue weighted by Crippen LogP contribution is 2.27. The summed E-state index contributed by atoms with van der Waals surface area (Å²) in [6.45, 7) is 10.1. The van der Waals surface area contributed by atoms with E-state index in [0.29, 0.717) is 6.04 Å². The van der Waals surface area contributed by atoms with Crippen LogP contribution >= 0.6 is 0 Å². The second kappa shape index (κ2) is 12.9. The van der Waals surface area contributed by atoms with Crippen LogP contribution in [0.2, 0.25) is 0 Å². The number of benzene rings is 1. The van der Waals surface area contributed by atoms with E-state index in [1.165, 1.54) is 64.0 Å². The maximum Gasteiger partial charge on any atom is 0.191 e. The normalized spacial score (nSPS) is 20.0. The predicted octanol–water partition coefficient (Wildman–Crippen LogP) is 2.02. The zero-order valence-corrected chi connectivity index (χ0v) is 19.8. The number of guanidine groups is 1. The monoisotopic (exact) mass is 430 g/mol. The van der Waals surface area contributed by atoms with Gasteiger partial charge in [0.05, 0.1) is 13.2 Å². The molecule has 2 fully saturated rings. The van der Waals surface area contributed by atoms with Crippen LogP contribution in [0.15, 0.2) is 29.3 Å². The predicted molar refractivity (Wildman–Crippen MR) is 129 cm³/mol. The van der Waals surface area contributed by atoms with Crippen molar-refractivity contribution in [1.29, 1.82) is 0 Å². The van der Waals surface area contributed by atoms with Gasteiger partial charge in [0.25, 0.3) is 0 Å². The molecule has 7 heteroatoms. The van der Waals surface area contributed by atoms with Gasteiger partial charge in [-0.3, -0.25) is 9.89 Å². The smallest absolute Gasteiger partial charge is 0.191 e. The Morgan fingerprint density at radius 1 is 1.06 bits per heavy atom. The number of piperazine rings is 1. The van der Waals surface area contributed by atoms with Crippen molar-refractivity contribution in [2.45, 2.75) is 31.7 Å². The molecule has 2 heterocycles. The summed E-state index contributed by atoms with van der Waals surface area (Å²) in [6.07, 6.45) is 4.95. The molecule has 1 aromatic carbocycles.